The summed E-state index contributed by atoms with van der Waals surface area (Å²) in [7, 11) is 0. The standard InChI is InChI=1S/C13H13N5O2/c14-9-3-7-1-2-12(19)17-10(7)4-11(9)18-6-8(5-16-18)13(15)20/h3-6H,1-2,14H2,(H2,15,20)(H,17,19). The molecule has 20 heavy (non-hydrogen) atoms. The van der Waals surface area contributed by atoms with Crippen LogP contribution in [0.25, 0.3) is 5.69 Å². The number of carbonyl (C=O) groups excluding carboxylic acids is 2. The van der Waals surface area contributed by atoms with Gasteiger partial charge in [-0.05, 0) is 24.1 Å². The molecule has 2 amide bonds. The maximum atomic E-state index is 11.4. The smallest absolute Gasteiger partial charge is 0.251 e. The number of nitrogens with two attached hydrogens (primary N) is 2. The molecular formula is C13H13N5O2. The molecule has 7 nitrogen and oxygen atoms in total. The van der Waals surface area contributed by atoms with Gasteiger partial charge in [0, 0.05) is 18.3 Å². The van der Waals surface area contributed by atoms with Crippen molar-refractivity contribution in [1.29, 1.82) is 0 Å². The summed E-state index contributed by atoms with van der Waals surface area (Å²) in [6.07, 6.45) is 4.00. The first-order chi connectivity index (χ1) is 9.54. The summed E-state index contributed by atoms with van der Waals surface area (Å²) in [4.78, 5) is 22.5. The van der Waals surface area contributed by atoms with Crippen LogP contribution in [0.3, 0.4) is 0 Å². The molecule has 0 spiro atoms. The maximum absolute atomic E-state index is 11.4. The molecule has 0 atom stereocenters. The van der Waals surface area contributed by atoms with E-state index < -0.39 is 5.91 Å². The lowest BCUT2D eigenvalue weighted by molar-refractivity contribution is -0.116. The number of aryl methyl sites for hydroxylation is 1. The topological polar surface area (TPSA) is 116 Å². The second-order valence-corrected chi connectivity index (χ2v) is 4.65. The number of nitrogens with zero attached hydrogens (tertiary/aromatic N) is 2. The normalized spacial score (nSPS) is 13.7. The molecule has 1 aromatic heterocycles. The summed E-state index contributed by atoms with van der Waals surface area (Å²) < 4.78 is 1.47. The molecule has 7 heteroatoms. The van der Waals surface area contributed by atoms with E-state index in [1.807, 2.05) is 6.07 Å². The van der Waals surface area contributed by atoms with Crippen LogP contribution in [0.5, 0.6) is 0 Å². The summed E-state index contributed by atoms with van der Waals surface area (Å²) >= 11 is 0. The van der Waals surface area contributed by atoms with Gasteiger partial charge in [0.1, 0.15) is 0 Å². The number of benzene rings is 1. The maximum Gasteiger partial charge on any atom is 0.251 e. The fourth-order valence-corrected chi connectivity index (χ4v) is 2.22. The van der Waals surface area contributed by atoms with E-state index in [2.05, 4.69) is 10.4 Å². The van der Waals surface area contributed by atoms with E-state index in [9.17, 15) is 9.59 Å². The third-order valence-corrected chi connectivity index (χ3v) is 3.26. The number of rotatable bonds is 2. The van der Waals surface area contributed by atoms with Crippen molar-refractivity contribution < 1.29 is 9.59 Å². The predicted molar refractivity (Wildman–Crippen MR) is 73.4 cm³/mol. The van der Waals surface area contributed by atoms with Crippen LogP contribution in [0, 0.1) is 0 Å². The molecule has 0 unspecified atom stereocenters. The summed E-state index contributed by atoms with van der Waals surface area (Å²) in [6.45, 7) is 0. The zero-order valence-corrected chi connectivity index (χ0v) is 10.6. The number of aromatic nitrogens is 2. The Bertz CT molecular complexity index is 720. The minimum atomic E-state index is -0.555. The lowest BCUT2D eigenvalue weighted by atomic mass is 10.0. The lowest BCUT2D eigenvalue weighted by Gasteiger charge is -2.19. The quantitative estimate of drug-likeness (QED) is 0.687. The molecule has 1 aliphatic rings. The molecule has 2 heterocycles. The van der Waals surface area contributed by atoms with Crippen molar-refractivity contribution in [3.8, 4) is 5.69 Å². The Labute approximate surface area is 114 Å². The van der Waals surface area contributed by atoms with Gasteiger partial charge in [-0.25, -0.2) is 4.68 Å². The van der Waals surface area contributed by atoms with E-state index >= 15 is 0 Å². The van der Waals surface area contributed by atoms with Crippen molar-refractivity contribution in [2.75, 3.05) is 11.1 Å². The molecule has 0 aliphatic carbocycles. The SMILES string of the molecule is NC(=O)c1cnn(-c2cc3c(cc2N)CCC(=O)N3)c1. The summed E-state index contributed by atoms with van der Waals surface area (Å²) in [5.41, 5.74) is 14.3. The molecule has 102 valence electrons. The fraction of sp³-hybridized carbons (Fsp3) is 0.154. The summed E-state index contributed by atoms with van der Waals surface area (Å²) in [5, 5.41) is 6.86. The second kappa shape index (κ2) is 4.37. The number of amides is 2. The Balaban J connectivity index is 2.06. The highest BCUT2D eigenvalue weighted by Gasteiger charge is 2.18. The van der Waals surface area contributed by atoms with Crippen LogP contribution in [0.2, 0.25) is 0 Å². The first-order valence-corrected chi connectivity index (χ1v) is 6.11. The van der Waals surface area contributed by atoms with Crippen molar-refractivity contribution >= 4 is 23.2 Å². The monoisotopic (exact) mass is 271 g/mol. The van der Waals surface area contributed by atoms with Gasteiger partial charge < -0.3 is 16.8 Å². The van der Waals surface area contributed by atoms with Crippen LogP contribution < -0.4 is 16.8 Å². The molecule has 0 fully saturated rings. The van der Waals surface area contributed by atoms with E-state index in [0.29, 0.717) is 29.8 Å². The average Bonchev–Trinajstić information content (AvgIpc) is 2.88. The van der Waals surface area contributed by atoms with Crippen LogP contribution in [0.15, 0.2) is 24.5 Å². The van der Waals surface area contributed by atoms with Crippen molar-refractivity contribution in [2.45, 2.75) is 12.8 Å². The summed E-state index contributed by atoms with van der Waals surface area (Å²) in [5.74, 6) is -0.576. The van der Waals surface area contributed by atoms with E-state index in [-0.39, 0.29) is 5.91 Å². The van der Waals surface area contributed by atoms with Crippen LogP contribution in [-0.2, 0) is 11.2 Å². The van der Waals surface area contributed by atoms with Gasteiger partial charge in [-0.3, -0.25) is 9.59 Å². The number of hydrogen-bond acceptors (Lipinski definition) is 4. The molecule has 1 aromatic carbocycles. The van der Waals surface area contributed by atoms with Crippen LogP contribution in [0.4, 0.5) is 11.4 Å². The van der Waals surface area contributed by atoms with Gasteiger partial charge in [-0.1, -0.05) is 0 Å². The lowest BCUT2D eigenvalue weighted by Crippen LogP contribution is -2.19. The van der Waals surface area contributed by atoms with Crippen molar-refractivity contribution in [3.63, 3.8) is 0 Å². The molecule has 0 saturated heterocycles. The third-order valence-electron chi connectivity index (χ3n) is 3.26. The van der Waals surface area contributed by atoms with Crippen LogP contribution in [-0.4, -0.2) is 21.6 Å². The van der Waals surface area contributed by atoms with Crippen LogP contribution in [0.1, 0.15) is 22.3 Å². The Morgan fingerprint density at radius 3 is 2.85 bits per heavy atom. The van der Waals surface area contributed by atoms with Gasteiger partial charge in [0.15, 0.2) is 0 Å². The zero-order chi connectivity index (χ0) is 14.3. The largest absolute Gasteiger partial charge is 0.397 e. The fourth-order valence-electron chi connectivity index (χ4n) is 2.22. The molecule has 0 bridgehead atoms. The number of fused-ring (bicyclic) bond motifs is 1. The molecule has 2 aromatic rings. The van der Waals surface area contributed by atoms with E-state index in [0.717, 1.165) is 11.3 Å². The zero-order valence-electron chi connectivity index (χ0n) is 10.6. The Morgan fingerprint density at radius 2 is 2.15 bits per heavy atom. The Morgan fingerprint density at radius 1 is 1.35 bits per heavy atom. The van der Waals surface area contributed by atoms with Gasteiger partial charge in [0.2, 0.25) is 5.91 Å². The van der Waals surface area contributed by atoms with Gasteiger partial charge in [0.25, 0.3) is 5.91 Å². The molecule has 3 rings (SSSR count). The first kappa shape index (κ1) is 12.2. The number of primary amides is 1. The molecule has 0 saturated carbocycles. The van der Waals surface area contributed by atoms with E-state index in [1.165, 1.54) is 17.1 Å². The van der Waals surface area contributed by atoms with Gasteiger partial charge in [-0.15, -0.1) is 0 Å². The molecule has 0 radical (unpaired) electrons. The highest BCUT2D eigenvalue weighted by atomic mass is 16.2. The Hall–Kier alpha value is -2.83. The van der Waals surface area contributed by atoms with Gasteiger partial charge in [-0.2, -0.15) is 5.10 Å². The molecular weight excluding hydrogens is 258 g/mol. The highest BCUT2D eigenvalue weighted by molar-refractivity contribution is 5.95. The van der Waals surface area contributed by atoms with E-state index in [1.54, 1.807) is 6.07 Å². The molecule has 5 N–H and O–H groups in total. The number of carbonyl (C=O) groups is 2. The van der Waals surface area contributed by atoms with Crippen molar-refractivity contribution in [2.24, 2.45) is 5.73 Å². The average molecular weight is 271 g/mol. The Kier molecular flexibility index (Phi) is 2.67. The number of anilines is 2. The first-order valence-electron chi connectivity index (χ1n) is 6.11. The number of nitrogen functional groups attached to an aromatic ring is 1. The van der Waals surface area contributed by atoms with Crippen LogP contribution >= 0.6 is 0 Å². The molecule has 1 aliphatic heterocycles. The van der Waals surface area contributed by atoms with E-state index in [4.69, 9.17) is 11.5 Å². The predicted octanol–water partition coefficient (Wildman–Crippen LogP) is 0.438. The van der Waals surface area contributed by atoms with Gasteiger partial charge >= 0.3 is 0 Å². The number of nitrogens with one attached hydrogen (secondary N) is 1. The minimum Gasteiger partial charge on any atom is -0.397 e. The minimum absolute atomic E-state index is 0.0217. The van der Waals surface area contributed by atoms with Crippen molar-refractivity contribution in [1.82, 2.24) is 9.78 Å². The third kappa shape index (κ3) is 1.99. The highest BCUT2D eigenvalue weighted by Crippen LogP contribution is 2.29. The number of hydrogen-bond donors (Lipinski definition) is 3. The second-order valence-electron chi connectivity index (χ2n) is 4.65. The summed E-state index contributed by atoms with van der Waals surface area (Å²) in [6, 6.07) is 3.56. The van der Waals surface area contributed by atoms with Crippen molar-refractivity contribution in [3.05, 3.63) is 35.7 Å². The van der Waals surface area contributed by atoms with Gasteiger partial charge in [0.05, 0.1) is 23.1 Å².